The molecule has 1 N–H and O–H groups in total. The highest BCUT2D eigenvalue weighted by Crippen LogP contribution is 2.22. The van der Waals surface area contributed by atoms with E-state index in [-0.39, 0.29) is 29.5 Å². The summed E-state index contributed by atoms with van der Waals surface area (Å²) in [5.74, 6) is 1.02. The summed E-state index contributed by atoms with van der Waals surface area (Å²) in [6, 6.07) is 4.33. The van der Waals surface area contributed by atoms with E-state index in [2.05, 4.69) is 56.4 Å². The summed E-state index contributed by atoms with van der Waals surface area (Å²) in [4.78, 5) is 11.8. The van der Waals surface area contributed by atoms with E-state index < -0.39 is 0 Å². The molecule has 0 bridgehead atoms. The first-order chi connectivity index (χ1) is 12.1. The van der Waals surface area contributed by atoms with Gasteiger partial charge in [0.15, 0.2) is 5.96 Å². The lowest BCUT2D eigenvalue weighted by molar-refractivity contribution is -0.0496. The highest BCUT2D eigenvalue weighted by Gasteiger charge is 2.30. The third-order valence-corrected chi connectivity index (χ3v) is 6.02. The highest BCUT2D eigenvalue weighted by molar-refractivity contribution is 14.0. The maximum atomic E-state index is 5.60. The Kier molecular flexibility index (Phi) is 8.43. The number of piperazine rings is 1. The second-order valence-corrected chi connectivity index (χ2v) is 8.18. The lowest BCUT2D eigenvalue weighted by atomic mass is 10.0. The Morgan fingerprint density at radius 3 is 2.65 bits per heavy atom. The molecule has 26 heavy (non-hydrogen) atoms. The fourth-order valence-electron chi connectivity index (χ4n) is 3.53. The molecule has 0 atom stereocenters. The molecule has 1 aromatic rings. The topological polar surface area (TPSA) is 43.3 Å². The monoisotopic (exact) mass is 493 g/mol. The molecule has 2 aliphatic rings. The van der Waals surface area contributed by atoms with E-state index in [0.717, 1.165) is 65.0 Å². The first-order valence-corrected chi connectivity index (χ1v) is 10.0. The summed E-state index contributed by atoms with van der Waals surface area (Å²) in [6.07, 6.45) is 0. The van der Waals surface area contributed by atoms with Gasteiger partial charge >= 0.3 is 0 Å². The molecule has 2 aliphatic heterocycles. The molecule has 0 amide bonds. The molecular weight excluding hydrogens is 461 g/mol. The van der Waals surface area contributed by atoms with Gasteiger partial charge < -0.3 is 19.9 Å². The number of morpholine rings is 1. The molecule has 6 nitrogen and oxygen atoms in total. The number of anilines is 1. The number of nitrogens with zero attached hydrogens (tertiary/aromatic N) is 4. The number of ether oxygens (including phenoxy) is 1. The van der Waals surface area contributed by atoms with Gasteiger partial charge in [0.1, 0.15) is 0 Å². The number of nitrogens with one attached hydrogen (secondary N) is 1. The van der Waals surface area contributed by atoms with Crippen LogP contribution in [0.5, 0.6) is 0 Å². The van der Waals surface area contributed by atoms with Crippen molar-refractivity contribution >= 4 is 46.3 Å². The van der Waals surface area contributed by atoms with Crippen LogP contribution in [0.1, 0.15) is 13.8 Å². The minimum atomic E-state index is 0. The van der Waals surface area contributed by atoms with Crippen molar-refractivity contribution in [2.75, 3.05) is 71.0 Å². The Morgan fingerprint density at radius 2 is 2.04 bits per heavy atom. The Balaban J connectivity index is 0.00000243. The number of aliphatic imine (C=N–C) groups is 1. The molecule has 1 aromatic heterocycles. The van der Waals surface area contributed by atoms with E-state index in [9.17, 15) is 0 Å². The van der Waals surface area contributed by atoms with Crippen molar-refractivity contribution in [2.24, 2.45) is 4.99 Å². The Labute approximate surface area is 178 Å². The SMILES string of the molecule is CN=C(NCCN1CCOCC1(C)C)N1CCN(c2cccs2)CC1.I. The van der Waals surface area contributed by atoms with Crippen LogP contribution in [-0.4, -0.2) is 87.4 Å². The lowest BCUT2D eigenvalue weighted by Crippen LogP contribution is -2.56. The maximum Gasteiger partial charge on any atom is 0.193 e. The average Bonchev–Trinajstić information content (AvgIpc) is 3.15. The Bertz CT molecular complexity index is 558. The predicted molar refractivity (Wildman–Crippen MR) is 121 cm³/mol. The van der Waals surface area contributed by atoms with Gasteiger partial charge in [-0.2, -0.15) is 0 Å². The standard InChI is InChI=1S/C18H31N5OS.HI/c1-18(2)15-24-13-12-23(18)7-6-20-17(19-3)22-10-8-21(9-11-22)16-5-4-14-25-16;/h4-5,14H,6-13,15H2,1-3H3,(H,19,20);1H. The molecule has 0 saturated carbocycles. The van der Waals surface area contributed by atoms with E-state index in [4.69, 9.17) is 4.74 Å². The van der Waals surface area contributed by atoms with Crippen LogP contribution in [0.2, 0.25) is 0 Å². The van der Waals surface area contributed by atoms with Gasteiger partial charge in [-0.25, -0.2) is 0 Å². The lowest BCUT2D eigenvalue weighted by Gasteiger charge is -2.42. The van der Waals surface area contributed by atoms with Gasteiger partial charge in [0.25, 0.3) is 0 Å². The van der Waals surface area contributed by atoms with Crippen LogP contribution in [0.4, 0.5) is 5.00 Å². The second-order valence-electron chi connectivity index (χ2n) is 7.25. The van der Waals surface area contributed by atoms with Crippen LogP contribution in [0, 0.1) is 0 Å². The third kappa shape index (κ3) is 5.46. The highest BCUT2D eigenvalue weighted by atomic mass is 127. The fourth-order valence-corrected chi connectivity index (χ4v) is 4.31. The number of thiophene rings is 1. The zero-order chi connectivity index (χ0) is 17.7. The first kappa shape index (κ1) is 21.7. The smallest absolute Gasteiger partial charge is 0.193 e. The Morgan fingerprint density at radius 1 is 1.27 bits per heavy atom. The summed E-state index contributed by atoms with van der Waals surface area (Å²) in [6.45, 7) is 13.2. The zero-order valence-electron chi connectivity index (χ0n) is 16.1. The molecule has 3 heterocycles. The maximum absolute atomic E-state index is 5.60. The number of halogens is 1. The van der Waals surface area contributed by atoms with Crippen molar-refractivity contribution in [3.63, 3.8) is 0 Å². The van der Waals surface area contributed by atoms with Crippen molar-refractivity contribution in [3.05, 3.63) is 17.5 Å². The van der Waals surface area contributed by atoms with E-state index >= 15 is 0 Å². The molecule has 0 unspecified atom stereocenters. The van der Waals surface area contributed by atoms with Gasteiger partial charge in [-0.1, -0.05) is 0 Å². The van der Waals surface area contributed by atoms with Gasteiger partial charge in [0, 0.05) is 58.4 Å². The van der Waals surface area contributed by atoms with E-state index in [1.54, 1.807) is 0 Å². The largest absolute Gasteiger partial charge is 0.378 e. The first-order valence-electron chi connectivity index (χ1n) is 9.17. The molecular formula is C18H32IN5OS. The molecule has 148 valence electrons. The summed E-state index contributed by atoms with van der Waals surface area (Å²) in [7, 11) is 1.88. The van der Waals surface area contributed by atoms with Crippen molar-refractivity contribution in [1.29, 1.82) is 0 Å². The molecule has 0 aliphatic carbocycles. The second kappa shape index (κ2) is 10.1. The molecule has 2 fully saturated rings. The van der Waals surface area contributed by atoms with Gasteiger partial charge in [-0.05, 0) is 31.4 Å². The van der Waals surface area contributed by atoms with E-state index in [1.165, 1.54) is 5.00 Å². The molecule has 3 rings (SSSR count). The normalized spacial score (nSPS) is 21.4. The minimum Gasteiger partial charge on any atom is -0.378 e. The van der Waals surface area contributed by atoms with Gasteiger partial charge in [-0.3, -0.25) is 9.89 Å². The molecule has 0 radical (unpaired) electrons. The van der Waals surface area contributed by atoms with Crippen molar-refractivity contribution < 1.29 is 4.74 Å². The molecule has 2 saturated heterocycles. The van der Waals surface area contributed by atoms with Gasteiger partial charge in [0.2, 0.25) is 0 Å². The van der Waals surface area contributed by atoms with Gasteiger partial charge in [0.05, 0.1) is 18.2 Å². The van der Waals surface area contributed by atoms with E-state index in [1.807, 2.05) is 18.4 Å². The Hall–Kier alpha value is -0.580. The summed E-state index contributed by atoms with van der Waals surface area (Å²) in [5.41, 5.74) is 0.121. The molecule has 0 aromatic carbocycles. The van der Waals surface area contributed by atoms with Gasteiger partial charge in [-0.15, -0.1) is 35.3 Å². The third-order valence-electron chi connectivity index (χ3n) is 5.09. The fraction of sp³-hybridized carbons (Fsp3) is 0.722. The predicted octanol–water partition coefficient (Wildman–Crippen LogP) is 2.17. The molecule has 8 heteroatoms. The summed E-state index contributed by atoms with van der Waals surface area (Å²) >= 11 is 1.82. The van der Waals surface area contributed by atoms with Crippen molar-refractivity contribution in [3.8, 4) is 0 Å². The number of rotatable bonds is 4. The quantitative estimate of drug-likeness (QED) is 0.396. The van der Waals surface area contributed by atoms with Crippen LogP contribution >= 0.6 is 35.3 Å². The summed E-state index contributed by atoms with van der Waals surface area (Å²) < 4.78 is 5.60. The molecule has 0 spiro atoms. The van der Waals surface area contributed by atoms with Crippen LogP contribution in [0.3, 0.4) is 0 Å². The van der Waals surface area contributed by atoms with Crippen LogP contribution in [0.15, 0.2) is 22.5 Å². The number of guanidine groups is 1. The number of hydrogen-bond donors (Lipinski definition) is 1. The zero-order valence-corrected chi connectivity index (χ0v) is 19.3. The van der Waals surface area contributed by atoms with E-state index in [0.29, 0.717) is 0 Å². The van der Waals surface area contributed by atoms with Crippen molar-refractivity contribution in [1.82, 2.24) is 15.1 Å². The summed E-state index contributed by atoms with van der Waals surface area (Å²) in [5, 5.41) is 7.07. The minimum absolute atomic E-state index is 0. The number of hydrogen-bond acceptors (Lipinski definition) is 5. The van der Waals surface area contributed by atoms with Crippen LogP contribution < -0.4 is 10.2 Å². The van der Waals surface area contributed by atoms with Crippen LogP contribution in [-0.2, 0) is 4.74 Å². The van der Waals surface area contributed by atoms with Crippen molar-refractivity contribution in [2.45, 2.75) is 19.4 Å². The van der Waals surface area contributed by atoms with Crippen LogP contribution in [0.25, 0.3) is 0 Å². The average molecular weight is 493 g/mol.